The molecular weight excluding hydrogens is 208 g/mol. The van der Waals surface area contributed by atoms with Crippen LogP contribution >= 0.6 is 11.6 Å². The number of hydrogen-bond acceptors (Lipinski definition) is 1. The molecule has 0 saturated heterocycles. The van der Waals surface area contributed by atoms with E-state index in [4.69, 9.17) is 16.3 Å². The minimum Gasteiger partial charge on any atom is -0.491 e. The Morgan fingerprint density at radius 3 is 2.60 bits per heavy atom. The van der Waals surface area contributed by atoms with E-state index in [0.29, 0.717) is 5.02 Å². The standard InChI is InChI=1S/C13H16ClO/c1-5-10(4)11-6-12(14)8-13(7-11)15-9(2)3/h5-9H,1H2,2-4H3. The Balaban J connectivity index is 2.99. The van der Waals surface area contributed by atoms with Crippen molar-refractivity contribution < 1.29 is 4.74 Å². The maximum absolute atomic E-state index is 6.01. The molecule has 0 amide bonds. The van der Waals surface area contributed by atoms with Gasteiger partial charge in [0.05, 0.1) is 6.10 Å². The van der Waals surface area contributed by atoms with Crippen molar-refractivity contribution in [3.8, 4) is 5.75 Å². The van der Waals surface area contributed by atoms with Crippen LogP contribution in [0, 0.1) is 5.92 Å². The van der Waals surface area contributed by atoms with Crippen LogP contribution in [0.1, 0.15) is 26.3 Å². The van der Waals surface area contributed by atoms with Gasteiger partial charge in [-0.3, -0.25) is 0 Å². The molecule has 0 heterocycles. The molecule has 0 aliphatic carbocycles. The largest absolute Gasteiger partial charge is 0.491 e. The molecule has 2 heteroatoms. The molecule has 1 nitrogen and oxygen atoms in total. The highest BCUT2D eigenvalue weighted by Crippen LogP contribution is 2.26. The van der Waals surface area contributed by atoms with E-state index in [1.165, 1.54) is 0 Å². The molecule has 0 aliphatic heterocycles. The third kappa shape index (κ3) is 3.60. The summed E-state index contributed by atoms with van der Waals surface area (Å²) < 4.78 is 5.60. The monoisotopic (exact) mass is 223 g/mol. The van der Waals surface area contributed by atoms with Crippen molar-refractivity contribution in [1.29, 1.82) is 0 Å². The second-order valence-electron chi connectivity index (χ2n) is 3.73. The second-order valence-corrected chi connectivity index (χ2v) is 4.17. The lowest BCUT2D eigenvalue weighted by atomic mass is 10.0. The van der Waals surface area contributed by atoms with Crippen LogP contribution in [0.5, 0.6) is 5.75 Å². The molecule has 0 bridgehead atoms. The van der Waals surface area contributed by atoms with Gasteiger partial charge in [-0.25, -0.2) is 0 Å². The van der Waals surface area contributed by atoms with E-state index < -0.39 is 0 Å². The first-order valence-electron chi connectivity index (χ1n) is 4.96. The molecule has 81 valence electrons. The van der Waals surface area contributed by atoms with Gasteiger partial charge in [-0.15, -0.1) is 6.58 Å². The summed E-state index contributed by atoms with van der Waals surface area (Å²) in [6.07, 6.45) is 1.96. The normalized spacial score (nSPS) is 10.8. The van der Waals surface area contributed by atoms with Gasteiger partial charge in [-0.05, 0) is 37.6 Å². The Morgan fingerprint density at radius 1 is 1.40 bits per heavy atom. The van der Waals surface area contributed by atoms with E-state index in [1.54, 1.807) is 0 Å². The summed E-state index contributed by atoms with van der Waals surface area (Å²) in [6.45, 7) is 9.72. The lowest BCUT2D eigenvalue weighted by Crippen LogP contribution is -2.06. The van der Waals surface area contributed by atoms with Gasteiger partial charge in [0.1, 0.15) is 5.75 Å². The minimum atomic E-state index is 0.153. The molecule has 1 aromatic rings. The third-order valence-corrected chi connectivity index (χ3v) is 2.22. The molecule has 1 aromatic carbocycles. The fourth-order valence-electron chi connectivity index (χ4n) is 1.25. The van der Waals surface area contributed by atoms with Crippen LogP contribution in [0.15, 0.2) is 30.9 Å². The molecule has 0 unspecified atom stereocenters. The zero-order chi connectivity index (χ0) is 11.4. The molecular formula is C13H16ClO. The SMILES string of the molecule is C=C[C](C)c1cc(Cl)cc(OC(C)C)c1. The van der Waals surface area contributed by atoms with Crippen LogP contribution in [0.25, 0.3) is 0 Å². The predicted molar refractivity (Wildman–Crippen MR) is 65.4 cm³/mol. The van der Waals surface area contributed by atoms with Crippen LogP contribution in [0.2, 0.25) is 5.02 Å². The van der Waals surface area contributed by atoms with E-state index in [0.717, 1.165) is 17.2 Å². The molecule has 1 radical (unpaired) electrons. The number of benzene rings is 1. The van der Waals surface area contributed by atoms with Gasteiger partial charge in [-0.1, -0.05) is 24.6 Å². The van der Waals surface area contributed by atoms with E-state index >= 15 is 0 Å². The smallest absolute Gasteiger partial charge is 0.121 e. The van der Waals surface area contributed by atoms with Crippen molar-refractivity contribution in [3.05, 3.63) is 47.4 Å². The highest BCUT2D eigenvalue weighted by molar-refractivity contribution is 6.30. The Morgan fingerprint density at radius 2 is 2.07 bits per heavy atom. The number of ether oxygens (including phenoxy) is 1. The fourth-order valence-corrected chi connectivity index (χ4v) is 1.47. The maximum atomic E-state index is 6.01. The zero-order valence-electron chi connectivity index (χ0n) is 9.38. The molecule has 0 aliphatic rings. The quantitative estimate of drug-likeness (QED) is 0.741. The fraction of sp³-hybridized carbons (Fsp3) is 0.308. The molecule has 0 fully saturated rings. The van der Waals surface area contributed by atoms with Gasteiger partial charge in [0.2, 0.25) is 0 Å². The first-order valence-corrected chi connectivity index (χ1v) is 5.34. The summed E-state index contributed by atoms with van der Waals surface area (Å²) >= 11 is 6.01. The van der Waals surface area contributed by atoms with Gasteiger partial charge in [-0.2, -0.15) is 0 Å². The first-order chi connectivity index (χ1) is 7.02. The van der Waals surface area contributed by atoms with Crippen molar-refractivity contribution >= 4 is 11.6 Å². The van der Waals surface area contributed by atoms with Crippen molar-refractivity contribution in [3.63, 3.8) is 0 Å². The first kappa shape index (κ1) is 12.1. The van der Waals surface area contributed by atoms with Crippen LogP contribution < -0.4 is 4.74 Å². The summed E-state index contributed by atoms with van der Waals surface area (Å²) in [5, 5.41) is 0.685. The number of hydrogen-bond donors (Lipinski definition) is 0. The van der Waals surface area contributed by atoms with Crippen molar-refractivity contribution in [2.24, 2.45) is 0 Å². The number of rotatable bonds is 4. The summed E-state index contributed by atoms with van der Waals surface area (Å²) in [5.74, 6) is 1.89. The minimum absolute atomic E-state index is 0.153. The van der Waals surface area contributed by atoms with Gasteiger partial charge < -0.3 is 4.74 Å². The van der Waals surface area contributed by atoms with E-state index in [-0.39, 0.29) is 6.10 Å². The summed E-state index contributed by atoms with van der Waals surface area (Å²) in [7, 11) is 0. The molecule has 15 heavy (non-hydrogen) atoms. The number of halogens is 1. The van der Waals surface area contributed by atoms with Crippen molar-refractivity contribution in [2.45, 2.75) is 26.9 Å². The zero-order valence-corrected chi connectivity index (χ0v) is 10.1. The van der Waals surface area contributed by atoms with Crippen LogP contribution in [0.4, 0.5) is 0 Å². The Kier molecular flexibility index (Phi) is 4.22. The van der Waals surface area contributed by atoms with Gasteiger partial charge in [0.25, 0.3) is 0 Å². The second kappa shape index (κ2) is 5.22. The highest BCUT2D eigenvalue weighted by atomic mass is 35.5. The van der Waals surface area contributed by atoms with Crippen LogP contribution in [0.3, 0.4) is 0 Å². The van der Waals surface area contributed by atoms with Crippen LogP contribution in [-0.2, 0) is 0 Å². The van der Waals surface area contributed by atoms with Crippen LogP contribution in [-0.4, -0.2) is 6.10 Å². The topological polar surface area (TPSA) is 9.23 Å². The third-order valence-electron chi connectivity index (χ3n) is 2.00. The van der Waals surface area contributed by atoms with E-state index in [2.05, 4.69) is 6.58 Å². The molecule has 1 rings (SSSR count). The summed E-state index contributed by atoms with van der Waals surface area (Å²) in [5.41, 5.74) is 1.05. The van der Waals surface area contributed by atoms with E-state index in [9.17, 15) is 0 Å². The Hall–Kier alpha value is -0.950. The Labute approximate surface area is 96.7 Å². The average Bonchev–Trinajstić information content (AvgIpc) is 2.14. The van der Waals surface area contributed by atoms with Gasteiger partial charge in [0.15, 0.2) is 0 Å². The summed E-state index contributed by atoms with van der Waals surface area (Å²) in [6, 6.07) is 5.70. The molecule has 0 aromatic heterocycles. The Bertz CT molecular complexity index is 344. The van der Waals surface area contributed by atoms with Crippen molar-refractivity contribution in [1.82, 2.24) is 0 Å². The average molecular weight is 224 g/mol. The molecule has 0 N–H and O–H groups in total. The van der Waals surface area contributed by atoms with Crippen molar-refractivity contribution in [2.75, 3.05) is 0 Å². The molecule has 0 atom stereocenters. The number of allylic oxidation sites excluding steroid dienone is 1. The van der Waals surface area contributed by atoms with E-state index in [1.807, 2.05) is 45.0 Å². The highest BCUT2D eigenvalue weighted by Gasteiger charge is 2.06. The molecule has 0 saturated carbocycles. The summed E-state index contributed by atoms with van der Waals surface area (Å²) in [4.78, 5) is 0. The lowest BCUT2D eigenvalue weighted by molar-refractivity contribution is 0.242. The predicted octanol–water partition coefficient (Wildman–Crippen LogP) is 4.26. The lowest BCUT2D eigenvalue weighted by Gasteiger charge is -2.13. The molecule has 0 spiro atoms. The van der Waals surface area contributed by atoms with Gasteiger partial charge >= 0.3 is 0 Å². The maximum Gasteiger partial charge on any atom is 0.121 e. The van der Waals surface area contributed by atoms with Gasteiger partial charge in [0, 0.05) is 10.9 Å².